The molecule has 0 saturated carbocycles. The Morgan fingerprint density at radius 3 is 2.56 bits per heavy atom. The Bertz CT molecular complexity index is 597. The van der Waals surface area contributed by atoms with Crippen molar-refractivity contribution in [2.24, 2.45) is 7.05 Å². The number of ketones is 1. The summed E-state index contributed by atoms with van der Waals surface area (Å²) < 4.78 is 1.78. The highest BCUT2D eigenvalue weighted by Crippen LogP contribution is 2.14. The zero-order valence-corrected chi connectivity index (χ0v) is 11.3. The molecule has 0 aliphatic heterocycles. The third kappa shape index (κ3) is 2.50. The number of hydrogen-bond acceptors (Lipinski definition) is 2. The predicted molar refractivity (Wildman–Crippen MR) is 71.9 cm³/mol. The summed E-state index contributed by atoms with van der Waals surface area (Å²) in [4.78, 5) is 12.3. The summed E-state index contributed by atoms with van der Waals surface area (Å²) in [6.45, 7) is 5.91. The van der Waals surface area contributed by atoms with Crippen LogP contribution in [0.2, 0.25) is 0 Å². The predicted octanol–water partition coefficient (Wildman–Crippen LogP) is 2.77. The molecule has 1 aromatic heterocycles. The molecule has 1 heterocycles. The molecule has 0 saturated heterocycles. The summed E-state index contributed by atoms with van der Waals surface area (Å²) >= 11 is 0. The maximum absolute atomic E-state index is 12.3. The van der Waals surface area contributed by atoms with Crippen LogP contribution in [-0.4, -0.2) is 15.6 Å². The summed E-state index contributed by atoms with van der Waals surface area (Å²) in [6.07, 6.45) is 0.404. The number of hydrogen-bond donors (Lipinski definition) is 0. The van der Waals surface area contributed by atoms with Crippen LogP contribution >= 0.6 is 0 Å². The summed E-state index contributed by atoms with van der Waals surface area (Å²) in [7, 11) is 1.87. The number of aromatic nitrogens is 2. The van der Waals surface area contributed by atoms with Crippen LogP contribution in [0.5, 0.6) is 0 Å². The molecule has 0 amide bonds. The lowest BCUT2D eigenvalue weighted by Gasteiger charge is -2.06. The molecule has 0 atom stereocenters. The molecule has 18 heavy (non-hydrogen) atoms. The van der Waals surface area contributed by atoms with E-state index in [1.54, 1.807) is 4.68 Å². The Balaban J connectivity index is 2.27. The second kappa shape index (κ2) is 4.77. The zero-order valence-electron chi connectivity index (χ0n) is 11.3. The summed E-state index contributed by atoms with van der Waals surface area (Å²) in [5.74, 6) is 0.152. The Morgan fingerprint density at radius 1 is 1.22 bits per heavy atom. The van der Waals surface area contributed by atoms with Gasteiger partial charge in [0.1, 0.15) is 0 Å². The Labute approximate surface area is 107 Å². The fraction of sp³-hybridized carbons (Fsp3) is 0.333. The van der Waals surface area contributed by atoms with Crippen LogP contribution in [0.3, 0.4) is 0 Å². The summed E-state index contributed by atoms with van der Waals surface area (Å²) in [5.41, 5.74) is 4.86. The van der Waals surface area contributed by atoms with Crippen LogP contribution in [0.25, 0.3) is 0 Å². The van der Waals surface area contributed by atoms with Gasteiger partial charge in [-0.25, -0.2) is 0 Å². The van der Waals surface area contributed by atoms with Crippen molar-refractivity contribution in [1.82, 2.24) is 9.78 Å². The van der Waals surface area contributed by atoms with Crippen LogP contribution < -0.4 is 0 Å². The van der Waals surface area contributed by atoms with Gasteiger partial charge in [-0.05, 0) is 38.5 Å². The third-order valence-electron chi connectivity index (χ3n) is 3.13. The first-order chi connectivity index (χ1) is 8.47. The van der Waals surface area contributed by atoms with Gasteiger partial charge in [0.15, 0.2) is 5.78 Å². The van der Waals surface area contributed by atoms with Crippen LogP contribution in [0, 0.1) is 20.8 Å². The van der Waals surface area contributed by atoms with Crippen molar-refractivity contribution in [2.75, 3.05) is 0 Å². The number of benzene rings is 1. The first-order valence-corrected chi connectivity index (χ1v) is 6.07. The summed E-state index contributed by atoms with van der Waals surface area (Å²) in [6, 6.07) is 7.95. The van der Waals surface area contributed by atoms with Crippen molar-refractivity contribution in [3.05, 3.63) is 52.3 Å². The minimum atomic E-state index is 0.152. The maximum atomic E-state index is 12.3. The third-order valence-corrected chi connectivity index (χ3v) is 3.13. The van der Waals surface area contributed by atoms with E-state index in [2.05, 4.69) is 5.10 Å². The fourth-order valence-corrected chi connectivity index (χ4v) is 2.13. The molecular weight excluding hydrogens is 224 g/mol. The molecule has 2 aromatic rings. The molecule has 3 heteroatoms. The van der Waals surface area contributed by atoms with Crippen LogP contribution in [0.1, 0.15) is 32.9 Å². The van der Waals surface area contributed by atoms with Gasteiger partial charge in [-0.2, -0.15) is 5.10 Å². The van der Waals surface area contributed by atoms with Crippen LogP contribution in [-0.2, 0) is 13.5 Å². The normalized spacial score (nSPS) is 10.7. The number of carbonyl (C=O) groups is 1. The lowest BCUT2D eigenvalue weighted by Crippen LogP contribution is -2.09. The maximum Gasteiger partial charge on any atom is 0.169 e. The molecule has 0 fully saturated rings. The van der Waals surface area contributed by atoms with E-state index in [1.807, 2.05) is 52.1 Å². The van der Waals surface area contributed by atoms with Crippen molar-refractivity contribution in [3.8, 4) is 0 Å². The second-order valence-corrected chi connectivity index (χ2v) is 4.82. The van der Waals surface area contributed by atoms with Crippen molar-refractivity contribution in [3.63, 3.8) is 0 Å². The van der Waals surface area contributed by atoms with Gasteiger partial charge in [0.25, 0.3) is 0 Å². The van der Waals surface area contributed by atoms with Crippen LogP contribution in [0.15, 0.2) is 24.3 Å². The Kier molecular flexibility index (Phi) is 3.32. The summed E-state index contributed by atoms with van der Waals surface area (Å²) in [5, 5.41) is 4.26. The first kappa shape index (κ1) is 12.6. The van der Waals surface area contributed by atoms with E-state index < -0.39 is 0 Å². The smallest absolute Gasteiger partial charge is 0.169 e. The molecule has 0 spiro atoms. The standard InChI is InChI=1S/C15H18N2O/c1-10-5-6-11(2)14(7-10)15(18)9-13-8-12(3)16-17(13)4/h5-8H,9H2,1-4H3. The molecule has 0 radical (unpaired) electrons. The fourth-order valence-electron chi connectivity index (χ4n) is 2.13. The number of Topliss-reactive ketones (excluding diaryl/α,β-unsaturated/α-hetero) is 1. The molecule has 0 N–H and O–H groups in total. The van der Waals surface area contributed by atoms with Crippen molar-refractivity contribution >= 4 is 5.78 Å². The van der Waals surface area contributed by atoms with Crippen molar-refractivity contribution < 1.29 is 4.79 Å². The van der Waals surface area contributed by atoms with E-state index >= 15 is 0 Å². The molecule has 94 valence electrons. The van der Waals surface area contributed by atoms with Gasteiger partial charge >= 0.3 is 0 Å². The minimum Gasteiger partial charge on any atom is -0.294 e. The first-order valence-electron chi connectivity index (χ1n) is 6.07. The molecule has 0 bridgehead atoms. The zero-order chi connectivity index (χ0) is 13.3. The highest BCUT2D eigenvalue weighted by atomic mass is 16.1. The molecule has 2 rings (SSSR count). The quantitative estimate of drug-likeness (QED) is 0.776. The largest absolute Gasteiger partial charge is 0.294 e. The molecule has 0 unspecified atom stereocenters. The van der Waals surface area contributed by atoms with E-state index in [0.717, 1.165) is 28.1 Å². The number of rotatable bonds is 3. The lowest BCUT2D eigenvalue weighted by atomic mass is 9.99. The highest BCUT2D eigenvalue weighted by molar-refractivity contribution is 5.98. The minimum absolute atomic E-state index is 0.152. The van der Waals surface area contributed by atoms with Gasteiger partial charge in [0, 0.05) is 18.3 Å². The van der Waals surface area contributed by atoms with Gasteiger partial charge in [-0.15, -0.1) is 0 Å². The van der Waals surface area contributed by atoms with Gasteiger partial charge in [0.05, 0.1) is 12.1 Å². The monoisotopic (exact) mass is 242 g/mol. The van der Waals surface area contributed by atoms with E-state index in [0.29, 0.717) is 6.42 Å². The Morgan fingerprint density at radius 2 is 1.94 bits per heavy atom. The van der Waals surface area contributed by atoms with Gasteiger partial charge in [-0.1, -0.05) is 17.7 Å². The number of aryl methyl sites for hydroxylation is 4. The Hall–Kier alpha value is -1.90. The molecule has 0 aliphatic carbocycles. The van der Waals surface area contributed by atoms with Crippen molar-refractivity contribution in [1.29, 1.82) is 0 Å². The molecule has 1 aromatic carbocycles. The van der Waals surface area contributed by atoms with Gasteiger partial charge in [0.2, 0.25) is 0 Å². The lowest BCUT2D eigenvalue weighted by molar-refractivity contribution is 0.0990. The average Bonchev–Trinajstić information content (AvgIpc) is 2.61. The van der Waals surface area contributed by atoms with E-state index in [-0.39, 0.29) is 5.78 Å². The molecule has 3 nitrogen and oxygen atoms in total. The molecule has 0 aliphatic rings. The van der Waals surface area contributed by atoms with Gasteiger partial charge in [-0.3, -0.25) is 9.48 Å². The number of nitrogens with zero attached hydrogens (tertiary/aromatic N) is 2. The number of carbonyl (C=O) groups excluding carboxylic acids is 1. The highest BCUT2D eigenvalue weighted by Gasteiger charge is 2.12. The van der Waals surface area contributed by atoms with Crippen molar-refractivity contribution in [2.45, 2.75) is 27.2 Å². The second-order valence-electron chi connectivity index (χ2n) is 4.82. The van der Waals surface area contributed by atoms with Crippen LogP contribution in [0.4, 0.5) is 0 Å². The topological polar surface area (TPSA) is 34.9 Å². The SMILES string of the molecule is Cc1ccc(C)c(C(=O)Cc2cc(C)nn2C)c1. The van der Waals surface area contributed by atoms with E-state index in [1.165, 1.54) is 0 Å². The van der Waals surface area contributed by atoms with E-state index in [4.69, 9.17) is 0 Å². The molecular formula is C15H18N2O. The van der Waals surface area contributed by atoms with Gasteiger partial charge < -0.3 is 0 Å². The van der Waals surface area contributed by atoms with E-state index in [9.17, 15) is 4.79 Å². The average molecular weight is 242 g/mol.